The first-order valence-corrected chi connectivity index (χ1v) is 10.3. The van der Waals surface area contributed by atoms with Crippen LogP contribution in [0.1, 0.15) is 64.7 Å². The zero-order chi connectivity index (χ0) is 14.9. The van der Waals surface area contributed by atoms with Gasteiger partial charge in [-0.15, -0.1) is 0 Å². The fourth-order valence-electron chi connectivity index (χ4n) is 1.89. The molecule has 0 saturated carbocycles. The minimum Gasteiger partial charge on any atom is -0.469 e. The number of carbonyl (C=O) groups is 1. The molecular weight excluding hydrogens is 288 g/mol. The molecule has 0 N–H and O–H groups in total. The van der Waals surface area contributed by atoms with Crippen molar-refractivity contribution in [3.63, 3.8) is 0 Å². The third kappa shape index (κ3) is 16.2. The van der Waals surface area contributed by atoms with Crippen LogP contribution in [0, 0.1) is 0 Å². The second-order valence-corrected chi connectivity index (χ2v) is 7.48. The fourth-order valence-corrected chi connectivity index (χ4v) is 3.88. The first-order valence-electron chi connectivity index (χ1n) is 8.03. The highest BCUT2D eigenvalue weighted by atomic mass is 32.2. The standard InChI is InChI=1S/C16H32O2S2/c1-3-12-19-14-10-15-20-13-9-7-5-4-6-8-11-16(17)18-2/h3-15H2,1-2H3. The Bertz CT molecular complexity index is 211. The van der Waals surface area contributed by atoms with Gasteiger partial charge in [0, 0.05) is 6.42 Å². The van der Waals surface area contributed by atoms with E-state index in [1.165, 1.54) is 68.6 Å². The van der Waals surface area contributed by atoms with Crippen LogP contribution in [0.15, 0.2) is 0 Å². The van der Waals surface area contributed by atoms with Crippen LogP contribution in [0.25, 0.3) is 0 Å². The van der Waals surface area contributed by atoms with Crippen molar-refractivity contribution in [2.75, 3.05) is 30.1 Å². The molecule has 0 amide bonds. The lowest BCUT2D eigenvalue weighted by Gasteiger charge is -2.03. The van der Waals surface area contributed by atoms with Gasteiger partial charge in [-0.25, -0.2) is 0 Å². The number of thioether (sulfide) groups is 2. The van der Waals surface area contributed by atoms with Gasteiger partial charge < -0.3 is 4.74 Å². The summed E-state index contributed by atoms with van der Waals surface area (Å²) in [6, 6.07) is 0. The van der Waals surface area contributed by atoms with Crippen molar-refractivity contribution in [3.8, 4) is 0 Å². The van der Waals surface area contributed by atoms with Gasteiger partial charge in [-0.2, -0.15) is 23.5 Å². The lowest BCUT2D eigenvalue weighted by Crippen LogP contribution is -1.99. The molecule has 0 aromatic heterocycles. The predicted molar refractivity (Wildman–Crippen MR) is 93.9 cm³/mol. The highest BCUT2D eigenvalue weighted by Crippen LogP contribution is 2.13. The maximum Gasteiger partial charge on any atom is 0.305 e. The van der Waals surface area contributed by atoms with Crippen molar-refractivity contribution >= 4 is 29.5 Å². The van der Waals surface area contributed by atoms with E-state index < -0.39 is 0 Å². The number of hydrogen-bond acceptors (Lipinski definition) is 4. The van der Waals surface area contributed by atoms with Crippen molar-refractivity contribution in [2.45, 2.75) is 64.7 Å². The van der Waals surface area contributed by atoms with Crippen molar-refractivity contribution < 1.29 is 9.53 Å². The number of unbranched alkanes of at least 4 members (excludes halogenated alkanes) is 5. The van der Waals surface area contributed by atoms with Crippen LogP contribution < -0.4 is 0 Å². The third-order valence-electron chi connectivity index (χ3n) is 3.07. The molecule has 0 bridgehead atoms. The summed E-state index contributed by atoms with van der Waals surface area (Å²) in [6.45, 7) is 2.25. The number of esters is 1. The maximum atomic E-state index is 10.9. The topological polar surface area (TPSA) is 26.3 Å². The minimum absolute atomic E-state index is 0.0708. The number of carbonyl (C=O) groups excluding carboxylic acids is 1. The second kappa shape index (κ2) is 17.2. The van der Waals surface area contributed by atoms with E-state index in [1.54, 1.807) is 0 Å². The highest BCUT2D eigenvalue weighted by molar-refractivity contribution is 8.00. The van der Waals surface area contributed by atoms with Crippen molar-refractivity contribution in [1.82, 2.24) is 0 Å². The van der Waals surface area contributed by atoms with Crippen LogP contribution in [0.4, 0.5) is 0 Å². The van der Waals surface area contributed by atoms with Crippen LogP contribution in [-0.2, 0) is 9.53 Å². The number of methoxy groups -OCH3 is 1. The fraction of sp³-hybridized carbons (Fsp3) is 0.938. The summed E-state index contributed by atoms with van der Waals surface area (Å²) >= 11 is 4.20. The van der Waals surface area contributed by atoms with Gasteiger partial charge >= 0.3 is 5.97 Å². The smallest absolute Gasteiger partial charge is 0.305 e. The summed E-state index contributed by atoms with van der Waals surface area (Å²) in [6.07, 6.45) is 10.7. The number of ether oxygens (including phenoxy) is 1. The lowest BCUT2D eigenvalue weighted by molar-refractivity contribution is -0.140. The zero-order valence-corrected chi connectivity index (χ0v) is 15.0. The van der Waals surface area contributed by atoms with Gasteiger partial charge in [-0.1, -0.05) is 32.6 Å². The largest absolute Gasteiger partial charge is 0.469 e. The van der Waals surface area contributed by atoms with Crippen LogP contribution in [0.5, 0.6) is 0 Å². The normalized spacial score (nSPS) is 10.7. The van der Waals surface area contributed by atoms with Gasteiger partial charge in [0.1, 0.15) is 0 Å². The van der Waals surface area contributed by atoms with Crippen LogP contribution in [0.2, 0.25) is 0 Å². The average Bonchev–Trinajstić information content (AvgIpc) is 2.47. The van der Waals surface area contributed by atoms with E-state index in [9.17, 15) is 4.79 Å². The molecule has 4 heteroatoms. The van der Waals surface area contributed by atoms with Crippen LogP contribution in [0.3, 0.4) is 0 Å². The summed E-state index contributed by atoms with van der Waals surface area (Å²) in [4.78, 5) is 10.9. The summed E-state index contributed by atoms with van der Waals surface area (Å²) in [5.74, 6) is 5.23. The molecule has 0 aliphatic carbocycles. The van der Waals surface area contributed by atoms with Crippen molar-refractivity contribution in [3.05, 3.63) is 0 Å². The molecule has 2 nitrogen and oxygen atoms in total. The molecule has 20 heavy (non-hydrogen) atoms. The maximum absolute atomic E-state index is 10.9. The van der Waals surface area contributed by atoms with E-state index in [4.69, 9.17) is 0 Å². The van der Waals surface area contributed by atoms with Crippen LogP contribution >= 0.6 is 23.5 Å². The molecule has 0 aliphatic rings. The predicted octanol–water partition coefficient (Wildman–Crippen LogP) is 5.16. The van der Waals surface area contributed by atoms with Crippen molar-refractivity contribution in [2.24, 2.45) is 0 Å². The minimum atomic E-state index is -0.0708. The molecule has 0 rings (SSSR count). The van der Waals surface area contributed by atoms with Gasteiger partial charge in [-0.3, -0.25) is 4.79 Å². The van der Waals surface area contributed by atoms with E-state index >= 15 is 0 Å². The van der Waals surface area contributed by atoms with E-state index in [2.05, 4.69) is 35.2 Å². The van der Waals surface area contributed by atoms with Gasteiger partial charge in [0.25, 0.3) is 0 Å². The molecular formula is C16H32O2S2. The summed E-state index contributed by atoms with van der Waals surface area (Å²) in [7, 11) is 1.46. The molecule has 0 unspecified atom stereocenters. The van der Waals surface area contributed by atoms with Crippen LogP contribution in [-0.4, -0.2) is 36.1 Å². The van der Waals surface area contributed by atoms with Gasteiger partial charge in [0.05, 0.1) is 7.11 Å². The molecule has 0 aliphatic heterocycles. The van der Waals surface area contributed by atoms with E-state index in [-0.39, 0.29) is 5.97 Å². The Hall–Kier alpha value is 0.170. The molecule has 0 heterocycles. The Kier molecular flexibility index (Phi) is 17.4. The molecule has 0 radical (unpaired) electrons. The average molecular weight is 321 g/mol. The van der Waals surface area contributed by atoms with Gasteiger partial charge in [0.2, 0.25) is 0 Å². The van der Waals surface area contributed by atoms with Crippen molar-refractivity contribution in [1.29, 1.82) is 0 Å². The van der Waals surface area contributed by atoms with Gasteiger partial charge in [-0.05, 0) is 48.7 Å². The first-order chi connectivity index (χ1) is 9.81. The summed E-state index contributed by atoms with van der Waals surface area (Å²) < 4.78 is 4.62. The summed E-state index contributed by atoms with van der Waals surface area (Å²) in [5, 5.41) is 0. The SMILES string of the molecule is CCCSCCCSCCCCCCCCC(=O)OC. The second-order valence-electron chi connectivity index (χ2n) is 5.03. The van der Waals surface area contributed by atoms with Gasteiger partial charge in [0.15, 0.2) is 0 Å². The Labute approximate surface area is 134 Å². The first kappa shape index (κ1) is 20.2. The number of rotatable bonds is 15. The number of hydrogen-bond donors (Lipinski definition) is 0. The van der Waals surface area contributed by atoms with E-state index in [0.29, 0.717) is 6.42 Å². The Morgan fingerprint density at radius 3 is 2.00 bits per heavy atom. The monoisotopic (exact) mass is 320 g/mol. The molecule has 120 valence electrons. The third-order valence-corrected chi connectivity index (χ3v) is 5.50. The molecule has 0 atom stereocenters. The lowest BCUT2D eigenvalue weighted by atomic mass is 10.1. The molecule has 0 aromatic rings. The Morgan fingerprint density at radius 2 is 1.35 bits per heavy atom. The molecule has 0 saturated heterocycles. The zero-order valence-electron chi connectivity index (χ0n) is 13.3. The molecule has 0 aromatic carbocycles. The van der Waals surface area contributed by atoms with E-state index in [0.717, 1.165) is 12.8 Å². The van der Waals surface area contributed by atoms with E-state index in [1.807, 2.05) is 0 Å². The highest BCUT2D eigenvalue weighted by Gasteiger charge is 1.99. The molecule has 0 spiro atoms. The molecule has 0 fully saturated rings. The Balaban J connectivity index is 2.97. The summed E-state index contributed by atoms with van der Waals surface area (Å²) in [5.41, 5.74) is 0. The Morgan fingerprint density at radius 1 is 0.800 bits per heavy atom. The quantitative estimate of drug-likeness (QED) is 0.308.